The first-order chi connectivity index (χ1) is 18.3. The minimum atomic E-state index is -4.27. The van der Waals surface area contributed by atoms with E-state index in [2.05, 4.69) is 0 Å². The SMILES string of the molecule is COc1ccc(CN(Cc2ccco2)C(=O)COCc2ccccc2)cc1OS(=O)(=O)c1ccc(F)cc1. The van der Waals surface area contributed by atoms with Gasteiger partial charge in [-0.15, -0.1) is 0 Å². The van der Waals surface area contributed by atoms with Crippen molar-refractivity contribution in [1.82, 2.24) is 4.90 Å². The average Bonchev–Trinajstić information content (AvgIpc) is 3.42. The third-order valence-corrected chi connectivity index (χ3v) is 6.77. The molecule has 0 aliphatic carbocycles. The van der Waals surface area contributed by atoms with Gasteiger partial charge in [-0.1, -0.05) is 36.4 Å². The van der Waals surface area contributed by atoms with E-state index in [9.17, 15) is 17.6 Å². The van der Waals surface area contributed by atoms with Crippen molar-refractivity contribution in [3.63, 3.8) is 0 Å². The smallest absolute Gasteiger partial charge is 0.339 e. The van der Waals surface area contributed by atoms with Gasteiger partial charge in [0.05, 0.1) is 26.5 Å². The molecule has 0 radical (unpaired) electrons. The standard InChI is InChI=1S/C28H26FNO7S/c1-34-26-14-9-22(16-27(26)37-38(32,33)25-12-10-23(29)11-13-25)17-30(18-24-8-5-15-36-24)28(31)20-35-19-21-6-3-2-4-7-21/h2-16H,17-20H2,1H3. The minimum Gasteiger partial charge on any atom is -0.493 e. The van der Waals surface area contributed by atoms with Crippen LogP contribution < -0.4 is 8.92 Å². The molecule has 4 rings (SSSR count). The number of amides is 1. The Morgan fingerprint density at radius 1 is 0.895 bits per heavy atom. The van der Waals surface area contributed by atoms with Crippen LogP contribution in [0, 0.1) is 5.82 Å². The van der Waals surface area contributed by atoms with Gasteiger partial charge in [-0.3, -0.25) is 4.79 Å². The van der Waals surface area contributed by atoms with Gasteiger partial charge in [-0.2, -0.15) is 8.42 Å². The van der Waals surface area contributed by atoms with E-state index in [0.717, 1.165) is 29.8 Å². The molecule has 0 fully saturated rings. The van der Waals surface area contributed by atoms with Crippen molar-refractivity contribution in [1.29, 1.82) is 0 Å². The summed E-state index contributed by atoms with van der Waals surface area (Å²) in [6, 6.07) is 22.0. The predicted octanol–water partition coefficient (Wildman–Crippen LogP) is 4.94. The van der Waals surface area contributed by atoms with Crippen molar-refractivity contribution in [2.45, 2.75) is 24.6 Å². The van der Waals surface area contributed by atoms with Crippen molar-refractivity contribution in [3.05, 3.63) is 114 Å². The highest BCUT2D eigenvalue weighted by atomic mass is 32.2. The first-order valence-electron chi connectivity index (χ1n) is 11.6. The summed E-state index contributed by atoms with van der Waals surface area (Å²) in [5.74, 6) is -0.174. The summed E-state index contributed by atoms with van der Waals surface area (Å²) in [6.45, 7) is 0.415. The van der Waals surface area contributed by atoms with Gasteiger partial charge in [0, 0.05) is 6.54 Å². The zero-order chi connectivity index (χ0) is 27.0. The first kappa shape index (κ1) is 26.9. The molecule has 198 valence electrons. The van der Waals surface area contributed by atoms with E-state index in [0.29, 0.717) is 11.3 Å². The number of benzene rings is 3. The molecule has 10 heteroatoms. The molecular formula is C28H26FNO7S. The van der Waals surface area contributed by atoms with Crippen LogP contribution in [-0.4, -0.2) is 32.9 Å². The monoisotopic (exact) mass is 539 g/mol. The van der Waals surface area contributed by atoms with Crippen LogP contribution in [0.3, 0.4) is 0 Å². The van der Waals surface area contributed by atoms with Crippen molar-refractivity contribution in [3.8, 4) is 11.5 Å². The van der Waals surface area contributed by atoms with E-state index >= 15 is 0 Å². The van der Waals surface area contributed by atoms with E-state index < -0.39 is 15.9 Å². The summed E-state index contributed by atoms with van der Waals surface area (Å²) in [6.07, 6.45) is 1.52. The van der Waals surface area contributed by atoms with E-state index in [-0.39, 0.29) is 48.6 Å². The topological polar surface area (TPSA) is 95.3 Å². The van der Waals surface area contributed by atoms with Crippen LogP contribution in [0.4, 0.5) is 4.39 Å². The van der Waals surface area contributed by atoms with Crippen LogP contribution in [0.15, 0.2) is 101 Å². The zero-order valence-corrected chi connectivity index (χ0v) is 21.4. The molecule has 0 saturated carbocycles. The number of nitrogens with zero attached hydrogens (tertiary/aromatic N) is 1. The summed E-state index contributed by atoms with van der Waals surface area (Å²) in [7, 11) is -2.89. The molecule has 8 nitrogen and oxygen atoms in total. The van der Waals surface area contributed by atoms with E-state index in [1.165, 1.54) is 24.3 Å². The fourth-order valence-electron chi connectivity index (χ4n) is 3.62. The zero-order valence-electron chi connectivity index (χ0n) is 20.6. The lowest BCUT2D eigenvalue weighted by atomic mass is 10.2. The van der Waals surface area contributed by atoms with Crippen molar-refractivity contribution >= 4 is 16.0 Å². The number of carbonyl (C=O) groups is 1. The molecule has 3 aromatic carbocycles. The molecule has 1 amide bonds. The summed E-state index contributed by atoms with van der Waals surface area (Å²) >= 11 is 0. The quantitative estimate of drug-likeness (QED) is 0.235. The fraction of sp³-hybridized carbons (Fsp3) is 0.179. The molecule has 0 aliphatic rings. The lowest BCUT2D eigenvalue weighted by Gasteiger charge is -2.22. The molecule has 0 bridgehead atoms. The Balaban J connectivity index is 1.51. The van der Waals surface area contributed by atoms with Crippen LogP contribution in [0.25, 0.3) is 0 Å². The number of hydrogen-bond acceptors (Lipinski definition) is 7. The largest absolute Gasteiger partial charge is 0.493 e. The van der Waals surface area contributed by atoms with E-state index in [1.807, 2.05) is 30.3 Å². The lowest BCUT2D eigenvalue weighted by molar-refractivity contribution is -0.138. The van der Waals surface area contributed by atoms with Crippen molar-refractivity contribution in [2.75, 3.05) is 13.7 Å². The van der Waals surface area contributed by atoms with Crippen molar-refractivity contribution < 1.29 is 35.7 Å². The summed E-state index contributed by atoms with van der Waals surface area (Å²) in [5, 5.41) is 0. The maximum absolute atomic E-state index is 13.3. The highest BCUT2D eigenvalue weighted by Gasteiger charge is 2.21. The summed E-state index contributed by atoms with van der Waals surface area (Å²) in [5.41, 5.74) is 1.52. The van der Waals surface area contributed by atoms with Crippen LogP contribution in [0.1, 0.15) is 16.9 Å². The normalized spacial score (nSPS) is 11.2. The summed E-state index contributed by atoms with van der Waals surface area (Å²) in [4.78, 5) is 14.4. The number of hydrogen-bond donors (Lipinski definition) is 0. The average molecular weight is 540 g/mol. The van der Waals surface area contributed by atoms with Crippen LogP contribution in [0.2, 0.25) is 0 Å². The van der Waals surface area contributed by atoms with E-state index in [4.69, 9.17) is 18.1 Å². The molecule has 1 aromatic heterocycles. The van der Waals surface area contributed by atoms with Gasteiger partial charge in [-0.05, 0) is 59.7 Å². The Hall–Kier alpha value is -4.15. The Kier molecular flexibility index (Phi) is 8.77. The molecule has 1 heterocycles. The third-order valence-electron chi connectivity index (χ3n) is 5.52. The van der Waals surface area contributed by atoms with E-state index in [1.54, 1.807) is 24.3 Å². The van der Waals surface area contributed by atoms with Gasteiger partial charge in [0.15, 0.2) is 11.5 Å². The van der Waals surface area contributed by atoms with Gasteiger partial charge in [0.25, 0.3) is 0 Å². The number of methoxy groups -OCH3 is 1. The summed E-state index contributed by atoms with van der Waals surface area (Å²) < 4.78 is 60.5. The number of ether oxygens (including phenoxy) is 2. The molecule has 0 unspecified atom stereocenters. The fourth-order valence-corrected chi connectivity index (χ4v) is 4.55. The number of carbonyl (C=O) groups excluding carboxylic acids is 1. The van der Waals surface area contributed by atoms with Crippen molar-refractivity contribution in [2.24, 2.45) is 0 Å². The van der Waals surface area contributed by atoms with Gasteiger partial charge < -0.3 is 23.0 Å². The van der Waals surface area contributed by atoms with Crippen LogP contribution >= 0.6 is 0 Å². The number of rotatable bonds is 12. The first-order valence-corrected chi connectivity index (χ1v) is 13.0. The number of halogens is 1. The Morgan fingerprint density at radius 2 is 1.66 bits per heavy atom. The molecule has 4 aromatic rings. The van der Waals surface area contributed by atoms with Crippen LogP contribution in [-0.2, 0) is 39.3 Å². The molecular weight excluding hydrogens is 513 g/mol. The molecule has 0 spiro atoms. The molecule has 38 heavy (non-hydrogen) atoms. The Morgan fingerprint density at radius 3 is 2.34 bits per heavy atom. The highest BCUT2D eigenvalue weighted by Crippen LogP contribution is 2.31. The second-order valence-corrected chi connectivity index (χ2v) is 9.83. The second kappa shape index (κ2) is 12.4. The predicted molar refractivity (Wildman–Crippen MR) is 136 cm³/mol. The number of furan rings is 1. The molecule has 0 atom stereocenters. The maximum Gasteiger partial charge on any atom is 0.339 e. The van der Waals surface area contributed by atoms with Crippen LogP contribution in [0.5, 0.6) is 11.5 Å². The second-order valence-electron chi connectivity index (χ2n) is 8.28. The van der Waals surface area contributed by atoms with Gasteiger partial charge in [0.1, 0.15) is 23.1 Å². The van der Waals surface area contributed by atoms with Gasteiger partial charge >= 0.3 is 10.1 Å². The van der Waals surface area contributed by atoms with Gasteiger partial charge in [0.2, 0.25) is 5.91 Å². The molecule has 0 N–H and O–H groups in total. The molecule has 0 aliphatic heterocycles. The molecule has 0 saturated heterocycles. The lowest BCUT2D eigenvalue weighted by Crippen LogP contribution is -2.33. The highest BCUT2D eigenvalue weighted by molar-refractivity contribution is 7.87. The Labute approximate surface area is 220 Å². The third kappa shape index (κ3) is 7.21. The minimum absolute atomic E-state index is 0.0694. The Bertz CT molecular complexity index is 1440. The maximum atomic E-state index is 13.3. The van der Waals surface area contributed by atoms with Gasteiger partial charge in [-0.25, -0.2) is 4.39 Å².